The van der Waals surface area contributed by atoms with Gasteiger partial charge in [0, 0.05) is 11.3 Å². The molecule has 0 saturated carbocycles. The average molecular weight is 461 g/mol. The lowest BCUT2D eigenvalue weighted by atomic mass is 10.1. The van der Waals surface area contributed by atoms with Crippen LogP contribution >= 0.6 is 0 Å². The Kier molecular flexibility index (Phi) is 6.92. The van der Waals surface area contributed by atoms with Crippen molar-refractivity contribution in [1.82, 2.24) is 10.2 Å². The molecule has 9 heteroatoms. The van der Waals surface area contributed by atoms with Gasteiger partial charge in [0.25, 0.3) is 11.8 Å². The fourth-order valence-corrected chi connectivity index (χ4v) is 3.21. The van der Waals surface area contributed by atoms with Crippen LogP contribution in [0.15, 0.2) is 71.1 Å². The zero-order chi connectivity index (χ0) is 23.9. The molecule has 1 heterocycles. The summed E-state index contributed by atoms with van der Waals surface area (Å²) in [4.78, 5) is 12.7. The van der Waals surface area contributed by atoms with Gasteiger partial charge in [0.1, 0.15) is 11.5 Å². The third kappa shape index (κ3) is 5.09. The normalized spacial score (nSPS) is 10.4. The molecule has 0 spiro atoms. The van der Waals surface area contributed by atoms with Crippen molar-refractivity contribution in [2.75, 3.05) is 26.6 Å². The molecule has 1 amide bonds. The van der Waals surface area contributed by atoms with E-state index in [0.717, 1.165) is 11.3 Å². The Labute approximate surface area is 196 Å². The smallest absolute Gasteiger partial charge is 0.259 e. The number of nitrogens with zero attached hydrogens (tertiary/aromatic N) is 2. The fourth-order valence-electron chi connectivity index (χ4n) is 3.21. The van der Waals surface area contributed by atoms with Crippen LogP contribution in [0.4, 0.5) is 5.69 Å². The van der Waals surface area contributed by atoms with Crippen LogP contribution in [0.2, 0.25) is 0 Å². The molecule has 1 N–H and O–H groups in total. The van der Waals surface area contributed by atoms with Crippen molar-refractivity contribution in [2.24, 2.45) is 0 Å². The first-order valence-corrected chi connectivity index (χ1v) is 10.3. The van der Waals surface area contributed by atoms with Gasteiger partial charge in [-0.15, -0.1) is 10.2 Å². The van der Waals surface area contributed by atoms with Crippen molar-refractivity contribution >= 4 is 11.6 Å². The Morgan fingerprint density at radius 1 is 0.853 bits per heavy atom. The number of methoxy groups -OCH3 is 3. The zero-order valence-electron chi connectivity index (χ0n) is 18.9. The van der Waals surface area contributed by atoms with Gasteiger partial charge < -0.3 is 28.7 Å². The van der Waals surface area contributed by atoms with Gasteiger partial charge >= 0.3 is 0 Å². The van der Waals surface area contributed by atoms with Gasteiger partial charge in [-0.3, -0.25) is 4.79 Å². The van der Waals surface area contributed by atoms with Gasteiger partial charge in [-0.25, -0.2) is 0 Å². The van der Waals surface area contributed by atoms with Crippen LogP contribution in [0.1, 0.15) is 16.2 Å². The molecule has 174 valence electrons. The summed E-state index contributed by atoms with van der Waals surface area (Å²) in [6.07, 6.45) is 0. The van der Waals surface area contributed by atoms with Crippen molar-refractivity contribution < 1.29 is 28.2 Å². The number of carbonyl (C=O) groups excluding carboxylic acids is 1. The molecule has 1 aromatic heterocycles. The van der Waals surface area contributed by atoms with Crippen molar-refractivity contribution in [3.05, 3.63) is 78.2 Å². The van der Waals surface area contributed by atoms with Crippen LogP contribution in [-0.4, -0.2) is 37.4 Å². The predicted octanol–water partition coefficient (Wildman–Crippen LogP) is 4.59. The molecule has 0 aliphatic carbocycles. The topological polar surface area (TPSA) is 105 Å². The van der Waals surface area contributed by atoms with Crippen LogP contribution in [-0.2, 0) is 6.61 Å². The van der Waals surface area contributed by atoms with E-state index in [4.69, 9.17) is 23.4 Å². The predicted molar refractivity (Wildman–Crippen MR) is 125 cm³/mol. The van der Waals surface area contributed by atoms with E-state index in [1.165, 1.54) is 14.2 Å². The number of rotatable bonds is 9. The summed E-state index contributed by atoms with van der Waals surface area (Å²) >= 11 is 0. The molecule has 0 saturated heterocycles. The zero-order valence-corrected chi connectivity index (χ0v) is 18.9. The van der Waals surface area contributed by atoms with Gasteiger partial charge in [-0.05, 0) is 60.7 Å². The Hall–Kier alpha value is -4.53. The highest BCUT2D eigenvalue weighted by Crippen LogP contribution is 2.31. The summed E-state index contributed by atoms with van der Waals surface area (Å²) < 4.78 is 27.1. The van der Waals surface area contributed by atoms with Gasteiger partial charge in [-0.1, -0.05) is 6.07 Å². The molecule has 9 nitrogen and oxygen atoms in total. The van der Waals surface area contributed by atoms with Crippen LogP contribution in [0.5, 0.6) is 23.0 Å². The Balaban J connectivity index is 1.35. The maximum atomic E-state index is 12.7. The maximum absolute atomic E-state index is 12.7. The molecule has 4 aromatic rings. The summed E-state index contributed by atoms with van der Waals surface area (Å²) in [7, 11) is 4.62. The van der Waals surface area contributed by atoms with Crippen molar-refractivity contribution in [1.29, 1.82) is 0 Å². The van der Waals surface area contributed by atoms with E-state index in [1.807, 2.05) is 24.3 Å². The molecule has 0 bridgehead atoms. The van der Waals surface area contributed by atoms with Gasteiger partial charge in [0.05, 0.1) is 26.9 Å². The molecule has 0 aliphatic heterocycles. The largest absolute Gasteiger partial charge is 0.497 e. The van der Waals surface area contributed by atoms with Crippen molar-refractivity contribution in [3.63, 3.8) is 0 Å². The molecule has 4 rings (SSSR count). The van der Waals surface area contributed by atoms with E-state index in [-0.39, 0.29) is 12.5 Å². The minimum atomic E-state index is -0.318. The van der Waals surface area contributed by atoms with Crippen LogP contribution in [0.25, 0.3) is 11.5 Å². The minimum absolute atomic E-state index is 0.107. The average Bonchev–Trinajstić information content (AvgIpc) is 3.36. The quantitative estimate of drug-likeness (QED) is 0.386. The number of aromatic nitrogens is 2. The highest BCUT2D eigenvalue weighted by molar-refractivity contribution is 6.06. The number of anilines is 1. The molecular formula is C25H23N3O6. The summed E-state index contributed by atoms with van der Waals surface area (Å²) in [5.74, 6) is 2.60. The lowest BCUT2D eigenvalue weighted by Gasteiger charge is -2.12. The lowest BCUT2D eigenvalue weighted by molar-refractivity contribution is 0.102. The molecule has 0 fully saturated rings. The third-order valence-electron chi connectivity index (χ3n) is 4.93. The molecule has 0 radical (unpaired) electrons. The van der Waals surface area contributed by atoms with E-state index < -0.39 is 0 Å². The molecule has 0 unspecified atom stereocenters. The molecule has 3 aromatic carbocycles. The first-order chi connectivity index (χ1) is 16.6. The minimum Gasteiger partial charge on any atom is -0.497 e. The number of benzene rings is 3. The van der Waals surface area contributed by atoms with E-state index in [2.05, 4.69) is 15.5 Å². The van der Waals surface area contributed by atoms with Gasteiger partial charge in [0.2, 0.25) is 5.89 Å². The second kappa shape index (κ2) is 10.4. The van der Waals surface area contributed by atoms with E-state index in [1.54, 1.807) is 49.6 Å². The number of amides is 1. The standard InChI is InChI=1S/C25H23N3O6/c1-30-18-11-7-16(8-12-18)25-28-27-22(34-25)15-33-19-13-9-17(10-14-19)26-24(29)20-5-4-6-21(31-2)23(20)32-3/h4-14H,15H2,1-3H3,(H,26,29). The SMILES string of the molecule is COc1ccc(-c2nnc(COc3ccc(NC(=O)c4cccc(OC)c4OC)cc3)o2)cc1. The Morgan fingerprint density at radius 2 is 1.59 bits per heavy atom. The number of ether oxygens (including phenoxy) is 4. The second-order valence-electron chi connectivity index (χ2n) is 7.04. The summed E-state index contributed by atoms with van der Waals surface area (Å²) in [5, 5.41) is 10.9. The lowest BCUT2D eigenvalue weighted by Crippen LogP contribution is -2.13. The summed E-state index contributed by atoms with van der Waals surface area (Å²) in [6.45, 7) is 0.107. The number of hydrogen-bond acceptors (Lipinski definition) is 8. The Bertz CT molecular complexity index is 1250. The first-order valence-electron chi connectivity index (χ1n) is 10.3. The van der Waals surface area contributed by atoms with Crippen LogP contribution in [0.3, 0.4) is 0 Å². The first kappa shape index (κ1) is 22.7. The third-order valence-corrected chi connectivity index (χ3v) is 4.93. The Morgan fingerprint density at radius 3 is 2.26 bits per heavy atom. The van der Waals surface area contributed by atoms with Crippen LogP contribution in [0, 0.1) is 0 Å². The second-order valence-corrected chi connectivity index (χ2v) is 7.04. The maximum Gasteiger partial charge on any atom is 0.259 e. The number of para-hydroxylation sites is 1. The van der Waals surface area contributed by atoms with Crippen molar-refractivity contribution in [3.8, 4) is 34.5 Å². The van der Waals surface area contributed by atoms with Gasteiger partial charge in [-0.2, -0.15) is 0 Å². The summed E-state index contributed by atoms with van der Waals surface area (Å²) in [5.41, 5.74) is 1.75. The van der Waals surface area contributed by atoms with Crippen molar-refractivity contribution in [2.45, 2.75) is 6.61 Å². The molecular weight excluding hydrogens is 438 g/mol. The fraction of sp³-hybridized carbons (Fsp3) is 0.160. The molecule has 34 heavy (non-hydrogen) atoms. The van der Waals surface area contributed by atoms with Crippen LogP contribution < -0.4 is 24.3 Å². The monoisotopic (exact) mass is 461 g/mol. The van der Waals surface area contributed by atoms with Gasteiger partial charge in [0.15, 0.2) is 18.1 Å². The molecule has 0 atom stereocenters. The highest BCUT2D eigenvalue weighted by Gasteiger charge is 2.16. The number of carbonyl (C=O) groups is 1. The number of nitrogens with one attached hydrogen (secondary N) is 1. The number of hydrogen-bond donors (Lipinski definition) is 1. The van der Waals surface area contributed by atoms with E-state index in [0.29, 0.717) is 40.3 Å². The van der Waals surface area contributed by atoms with E-state index in [9.17, 15) is 4.79 Å². The van der Waals surface area contributed by atoms with E-state index >= 15 is 0 Å². The highest BCUT2D eigenvalue weighted by atomic mass is 16.5. The molecule has 0 aliphatic rings. The summed E-state index contributed by atoms with van der Waals surface area (Å²) in [6, 6.07) is 19.4.